The quantitative estimate of drug-likeness (QED) is 0.802. The van der Waals surface area contributed by atoms with E-state index in [1.165, 1.54) is 0 Å². The fraction of sp³-hybridized carbons (Fsp3) is 0.300. The number of rotatable bonds is 4. The van der Waals surface area contributed by atoms with Gasteiger partial charge >= 0.3 is 0 Å². The molecule has 3 N–H and O–H groups in total. The first-order valence-corrected chi connectivity index (χ1v) is 8.54. The molecule has 3 atom stereocenters. The largest absolute Gasteiger partial charge is 0.348 e. The molecule has 2 aromatic carbocycles. The van der Waals surface area contributed by atoms with E-state index in [-0.39, 0.29) is 30.4 Å². The van der Waals surface area contributed by atoms with E-state index < -0.39 is 6.04 Å². The van der Waals surface area contributed by atoms with E-state index in [9.17, 15) is 9.59 Å². The molecule has 3 rings (SSSR count). The first-order valence-electron chi connectivity index (χ1n) is 8.54. The molecular formula is C20H23N3O2. The van der Waals surface area contributed by atoms with Crippen molar-refractivity contribution in [2.24, 2.45) is 0 Å². The van der Waals surface area contributed by atoms with Gasteiger partial charge in [0.25, 0.3) is 0 Å². The molecule has 1 fully saturated rings. The zero-order chi connectivity index (χ0) is 17.8. The maximum atomic E-state index is 12.4. The topological polar surface area (TPSA) is 70.2 Å². The van der Waals surface area contributed by atoms with Gasteiger partial charge in [-0.3, -0.25) is 14.9 Å². The summed E-state index contributed by atoms with van der Waals surface area (Å²) in [6.45, 7) is 3.77. The average Bonchev–Trinajstić information content (AvgIpc) is 2.61. The van der Waals surface area contributed by atoms with Crippen molar-refractivity contribution in [3.63, 3.8) is 0 Å². The minimum absolute atomic E-state index is 0.105. The summed E-state index contributed by atoms with van der Waals surface area (Å²) in [5.41, 5.74) is 3.33. The Kier molecular flexibility index (Phi) is 5.14. The van der Waals surface area contributed by atoms with Crippen LogP contribution in [0.4, 0.5) is 0 Å². The van der Waals surface area contributed by atoms with E-state index in [1.54, 1.807) is 0 Å². The molecule has 1 aliphatic rings. The van der Waals surface area contributed by atoms with Gasteiger partial charge in [0.15, 0.2) is 0 Å². The molecule has 3 unspecified atom stereocenters. The van der Waals surface area contributed by atoms with Crippen LogP contribution in [0.5, 0.6) is 0 Å². The molecule has 2 aromatic rings. The van der Waals surface area contributed by atoms with Crippen molar-refractivity contribution >= 4 is 11.8 Å². The van der Waals surface area contributed by atoms with Gasteiger partial charge in [-0.25, -0.2) is 0 Å². The fourth-order valence-electron chi connectivity index (χ4n) is 3.05. The normalized spacial score (nSPS) is 21.3. The van der Waals surface area contributed by atoms with Gasteiger partial charge in [0.05, 0.1) is 24.7 Å². The van der Waals surface area contributed by atoms with Gasteiger partial charge in [0, 0.05) is 0 Å². The third kappa shape index (κ3) is 4.25. The van der Waals surface area contributed by atoms with E-state index in [0.29, 0.717) is 0 Å². The lowest BCUT2D eigenvalue weighted by atomic mass is 10.0. The number of hydrogen-bond donors (Lipinski definition) is 3. The number of amides is 2. The van der Waals surface area contributed by atoms with Crippen molar-refractivity contribution in [1.82, 2.24) is 16.0 Å². The molecular weight excluding hydrogens is 314 g/mol. The maximum absolute atomic E-state index is 12.4. The maximum Gasteiger partial charge on any atom is 0.238 e. The van der Waals surface area contributed by atoms with Gasteiger partial charge in [-0.1, -0.05) is 54.6 Å². The Labute approximate surface area is 147 Å². The summed E-state index contributed by atoms with van der Waals surface area (Å²) in [6.07, 6.45) is -0.0343. The third-order valence-electron chi connectivity index (χ3n) is 4.41. The van der Waals surface area contributed by atoms with Crippen LogP contribution >= 0.6 is 0 Å². The van der Waals surface area contributed by atoms with Gasteiger partial charge in [-0.05, 0) is 30.5 Å². The van der Waals surface area contributed by atoms with Gasteiger partial charge in [0.2, 0.25) is 11.8 Å². The van der Waals surface area contributed by atoms with Crippen molar-refractivity contribution in [2.45, 2.75) is 38.5 Å². The second-order valence-corrected chi connectivity index (χ2v) is 6.43. The number of hydrogen-bond acceptors (Lipinski definition) is 3. The molecule has 0 bridgehead atoms. The summed E-state index contributed by atoms with van der Waals surface area (Å²) in [5, 5.41) is 8.82. The molecule has 25 heavy (non-hydrogen) atoms. The highest BCUT2D eigenvalue weighted by molar-refractivity contribution is 5.89. The van der Waals surface area contributed by atoms with E-state index in [4.69, 9.17) is 0 Å². The van der Waals surface area contributed by atoms with Crippen molar-refractivity contribution in [3.8, 4) is 11.1 Å². The summed E-state index contributed by atoms with van der Waals surface area (Å²) in [4.78, 5) is 24.0. The molecule has 1 saturated heterocycles. The van der Waals surface area contributed by atoms with Crippen LogP contribution in [-0.4, -0.2) is 24.0 Å². The highest BCUT2D eigenvalue weighted by Gasteiger charge is 2.29. The Balaban J connectivity index is 1.64. The first kappa shape index (κ1) is 17.2. The molecule has 1 heterocycles. The van der Waals surface area contributed by atoms with Crippen LogP contribution in [0, 0.1) is 0 Å². The Bertz CT molecular complexity index is 743. The van der Waals surface area contributed by atoms with Crippen LogP contribution in [0.15, 0.2) is 54.6 Å². The molecule has 5 heteroatoms. The van der Waals surface area contributed by atoms with Gasteiger partial charge in [-0.2, -0.15) is 0 Å². The van der Waals surface area contributed by atoms with Gasteiger partial charge in [-0.15, -0.1) is 0 Å². The third-order valence-corrected chi connectivity index (χ3v) is 4.41. The van der Waals surface area contributed by atoms with Crippen LogP contribution in [0.3, 0.4) is 0 Å². The van der Waals surface area contributed by atoms with Crippen LogP contribution < -0.4 is 16.0 Å². The van der Waals surface area contributed by atoms with Crippen LogP contribution in [-0.2, 0) is 9.59 Å². The standard InChI is InChI=1S/C20H23N3O2/c1-13(21-20(25)18-12-19(24)23-14(2)22-18)15-8-10-17(11-9-15)16-6-4-3-5-7-16/h3-11,13-14,18,22H,12H2,1-2H3,(H,21,25)(H,23,24). The van der Waals surface area contributed by atoms with E-state index in [2.05, 4.69) is 40.2 Å². The predicted octanol–water partition coefficient (Wildman–Crippen LogP) is 2.35. The molecule has 1 aliphatic heterocycles. The Hall–Kier alpha value is -2.66. The smallest absolute Gasteiger partial charge is 0.238 e. The minimum atomic E-state index is -0.491. The fourth-order valence-corrected chi connectivity index (χ4v) is 3.05. The highest BCUT2D eigenvalue weighted by atomic mass is 16.2. The molecule has 0 saturated carbocycles. The molecule has 130 valence electrons. The predicted molar refractivity (Wildman–Crippen MR) is 97.6 cm³/mol. The summed E-state index contributed by atoms with van der Waals surface area (Å²) in [5.74, 6) is -0.257. The lowest BCUT2D eigenvalue weighted by Crippen LogP contribution is -2.59. The zero-order valence-electron chi connectivity index (χ0n) is 14.5. The second kappa shape index (κ2) is 7.49. The Morgan fingerprint density at radius 1 is 1.08 bits per heavy atom. The molecule has 0 spiro atoms. The second-order valence-electron chi connectivity index (χ2n) is 6.43. The average molecular weight is 337 g/mol. The molecule has 5 nitrogen and oxygen atoms in total. The number of nitrogens with one attached hydrogen (secondary N) is 3. The van der Waals surface area contributed by atoms with Crippen LogP contribution in [0.25, 0.3) is 11.1 Å². The Morgan fingerprint density at radius 2 is 1.72 bits per heavy atom. The minimum Gasteiger partial charge on any atom is -0.348 e. The number of benzene rings is 2. The first-order chi connectivity index (χ1) is 12.0. The Morgan fingerprint density at radius 3 is 2.36 bits per heavy atom. The van der Waals surface area contributed by atoms with Crippen LogP contribution in [0.1, 0.15) is 31.9 Å². The van der Waals surface area contributed by atoms with Crippen molar-refractivity contribution in [2.75, 3.05) is 0 Å². The van der Waals surface area contributed by atoms with Crippen molar-refractivity contribution in [3.05, 3.63) is 60.2 Å². The summed E-state index contributed by atoms with van der Waals surface area (Å²) in [7, 11) is 0. The van der Waals surface area contributed by atoms with Gasteiger partial charge < -0.3 is 10.6 Å². The molecule has 0 aromatic heterocycles. The highest BCUT2D eigenvalue weighted by Crippen LogP contribution is 2.21. The lowest BCUT2D eigenvalue weighted by Gasteiger charge is -2.29. The number of carbonyl (C=O) groups is 2. The van der Waals surface area contributed by atoms with Crippen LogP contribution in [0.2, 0.25) is 0 Å². The van der Waals surface area contributed by atoms with Gasteiger partial charge in [0.1, 0.15) is 0 Å². The molecule has 0 aliphatic carbocycles. The summed E-state index contributed by atoms with van der Waals surface area (Å²) >= 11 is 0. The SMILES string of the molecule is CC1NC(=O)CC(C(=O)NC(C)c2ccc(-c3ccccc3)cc2)N1. The lowest BCUT2D eigenvalue weighted by molar-refractivity contribution is -0.132. The molecule has 0 radical (unpaired) electrons. The van der Waals surface area contributed by atoms with Crippen molar-refractivity contribution < 1.29 is 9.59 Å². The monoisotopic (exact) mass is 337 g/mol. The van der Waals surface area contributed by atoms with Crippen molar-refractivity contribution in [1.29, 1.82) is 0 Å². The molecule has 2 amide bonds. The summed E-state index contributed by atoms with van der Waals surface area (Å²) < 4.78 is 0. The van der Waals surface area contributed by atoms with E-state index in [1.807, 2.05) is 44.2 Å². The van der Waals surface area contributed by atoms with E-state index in [0.717, 1.165) is 16.7 Å². The number of carbonyl (C=O) groups excluding carboxylic acids is 2. The van der Waals surface area contributed by atoms with E-state index >= 15 is 0 Å². The summed E-state index contributed by atoms with van der Waals surface area (Å²) in [6, 6.07) is 17.7. The zero-order valence-corrected chi connectivity index (χ0v) is 14.5.